The van der Waals surface area contributed by atoms with Crippen LogP contribution in [0, 0.1) is 0 Å². The Labute approximate surface area is 166 Å². The summed E-state index contributed by atoms with van der Waals surface area (Å²) in [5, 5.41) is 3.52. The van der Waals surface area contributed by atoms with Gasteiger partial charge < -0.3 is 19.9 Å². The van der Waals surface area contributed by atoms with Crippen LogP contribution in [0.2, 0.25) is 0 Å². The molecule has 0 unspecified atom stereocenters. The highest BCUT2D eigenvalue weighted by Crippen LogP contribution is 2.28. The molecular weight excluding hydrogens is 352 g/mol. The Morgan fingerprint density at radius 3 is 2.61 bits per heavy atom. The smallest absolute Gasteiger partial charge is 0.255 e. The van der Waals surface area contributed by atoms with Crippen LogP contribution in [0.1, 0.15) is 36.0 Å². The summed E-state index contributed by atoms with van der Waals surface area (Å²) in [6.07, 6.45) is 8.44. The van der Waals surface area contributed by atoms with E-state index in [1.165, 1.54) is 25.7 Å². The number of amides is 1. The monoisotopic (exact) mass is 380 g/mol. The van der Waals surface area contributed by atoms with Gasteiger partial charge in [0.2, 0.25) is 0 Å². The number of para-hydroxylation sites is 2. The highest BCUT2D eigenvalue weighted by molar-refractivity contribution is 5.95. The number of methoxy groups -OCH3 is 1. The van der Waals surface area contributed by atoms with Crippen molar-refractivity contribution in [2.75, 3.05) is 43.5 Å². The molecule has 1 aliphatic heterocycles. The molecule has 2 heterocycles. The van der Waals surface area contributed by atoms with E-state index in [1.807, 2.05) is 35.4 Å². The van der Waals surface area contributed by atoms with Gasteiger partial charge in [0.25, 0.3) is 5.91 Å². The number of carbonyl (C=O) groups excluding carboxylic acids is 1. The average Bonchev–Trinajstić information content (AvgIpc) is 3.26. The minimum Gasteiger partial charge on any atom is -0.495 e. The van der Waals surface area contributed by atoms with E-state index in [0.717, 1.165) is 30.2 Å². The Morgan fingerprint density at radius 2 is 1.86 bits per heavy atom. The summed E-state index contributed by atoms with van der Waals surface area (Å²) >= 11 is 0. The summed E-state index contributed by atoms with van der Waals surface area (Å²) in [7, 11) is 1.69. The van der Waals surface area contributed by atoms with Gasteiger partial charge in [-0.2, -0.15) is 0 Å². The van der Waals surface area contributed by atoms with E-state index in [9.17, 15) is 4.79 Å². The van der Waals surface area contributed by atoms with Crippen molar-refractivity contribution in [2.45, 2.75) is 31.7 Å². The Balaban J connectivity index is 1.38. The number of piperazine rings is 1. The lowest BCUT2D eigenvalue weighted by atomic mass is 10.1. The Bertz CT molecular complexity index is 812. The molecule has 4 rings (SSSR count). The number of rotatable bonds is 5. The third-order valence-electron chi connectivity index (χ3n) is 5.70. The first-order valence-corrected chi connectivity index (χ1v) is 10.1. The van der Waals surface area contributed by atoms with Crippen LogP contribution in [0.15, 0.2) is 42.7 Å². The predicted molar refractivity (Wildman–Crippen MR) is 111 cm³/mol. The largest absolute Gasteiger partial charge is 0.495 e. The first-order chi connectivity index (χ1) is 13.7. The second-order valence-electron chi connectivity index (χ2n) is 7.54. The van der Waals surface area contributed by atoms with Gasteiger partial charge in [0, 0.05) is 44.6 Å². The van der Waals surface area contributed by atoms with Gasteiger partial charge in [-0.15, -0.1) is 0 Å². The van der Waals surface area contributed by atoms with E-state index in [2.05, 4.69) is 21.3 Å². The Kier molecular flexibility index (Phi) is 5.65. The highest BCUT2D eigenvalue weighted by atomic mass is 16.5. The van der Waals surface area contributed by atoms with E-state index in [4.69, 9.17) is 4.74 Å². The zero-order chi connectivity index (χ0) is 19.3. The molecule has 0 spiro atoms. The fraction of sp³-hybridized carbons (Fsp3) is 0.455. The number of nitrogens with zero attached hydrogens (tertiary/aromatic N) is 3. The molecule has 1 amide bonds. The van der Waals surface area contributed by atoms with Crippen LogP contribution in [-0.2, 0) is 0 Å². The van der Waals surface area contributed by atoms with Gasteiger partial charge in [0.1, 0.15) is 5.75 Å². The summed E-state index contributed by atoms with van der Waals surface area (Å²) in [5.74, 6) is 0.930. The van der Waals surface area contributed by atoms with E-state index in [-0.39, 0.29) is 5.91 Å². The number of carbonyl (C=O) groups is 1. The van der Waals surface area contributed by atoms with Gasteiger partial charge >= 0.3 is 0 Å². The fourth-order valence-electron chi connectivity index (χ4n) is 4.17. The molecule has 28 heavy (non-hydrogen) atoms. The SMILES string of the molecule is COc1ccccc1N1CCN(C(=O)c2cncc(NC3CCCC3)c2)CC1. The lowest BCUT2D eigenvalue weighted by Crippen LogP contribution is -2.48. The lowest BCUT2D eigenvalue weighted by Gasteiger charge is -2.36. The van der Waals surface area contributed by atoms with Crippen LogP contribution < -0.4 is 15.0 Å². The molecule has 1 aliphatic carbocycles. The highest BCUT2D eigenvalue weighted by Gasteiger charge is 2.24. The second kappa shape index (κ2) is 8.50. The lowest BCUT2D eigenvalue weighted by molar-refractivity contribution is 0.0746. The Hall–Kier alpha value is -2.76. The van der Waals surface area contributed by atoms with Gasteiger partial charge in [-0.3, -0.25) is 9.78 Å². The number of hydrogen-bond acceptors (Lipinski definition) is 5. The fourth-order valence-corrected chi connectivity index (χ4v) is 4.17. The van der Waals surface area contributed by atoms with Crippen molar-refractivity contribution < 1.29 is 9.53 Å². The van der Waals surface area contributed by atoms with Crippen LogP contribution in [0.25, 0.3) is 0 Å². The van der Waals surface area contributed by atoms with Crippen molar-refractivity contribution in [3.63, 3.8) is 0 Å². The number of pyridine rings is 1. The molecule has 1 aromatic heterocycles. The number of anilines is 2. The van der Waals surface area contributed by atoms with Crippen molar-refractivity contribution >= 4 is 17.3 Å². The van der Waals surface area contributed by atoms with Crippen molar-refractivity contribution in [3.8, 4) is 5.75 Å². The number of hydrogen-bond donors (Lipinski definition) is 1. The molecule has 1 saturated carbocycles. The molecular formula is C22H28N4O2. The standard InChI is InChI=1S/C22H28N4O2/c1-28-21-9-5-4-8-20(21)25-10-12-26(13-11-25)22(27)17-14-19(16-23-15-17)24-18-6-2-3-7-18/h4-5,8-9,14-16,18,24H,2-3,6-7,10-13H2,1H3. The molecule has 2 fully saturated rings. The van der Waals surface area contributed by atoms with Gasteiger partial charge in [0.15, 0.2) is 0 Å². The van der Waals surface area contributed by atoms with Gasteiger partial charge in [-0.05, 0) is 31.0 Å². The molecule has 6 heteroatoms. The van der Waals surface area contributed by atoms with Crippen molar-refractivity contribution in [1.29, 1.82) is 0 Å². The zero-order valence-corrected chi connectivity index (χ0v) is 16.4. The Morgan fingerprint density at radius 1 is 1.11 bits per heavy atom. The average molecular weight is 380 g/mol. The number of ether oxygens (including phenoxy) is 1. The van der Waals surface area contributed by atoms with Crippen LogP contribution in [-0.4, -0.2) is 55.1 Å². The van der Waals surface area contributed by atoms with Crippen LogP contribution >= 0.6 is 0 Å². The minimum absolute atomic E-state index is 0.0576. The molecule has 6 nitrogen and oxygen atoms in total. The number of nitrogens with one attached hydrogen (secondary N) is 1. The molecule has 1 aromatic carbocycles. The summed E-state index contributed by atoms with van der Waals surface area (Å²) < 4.78 is 5.47. The molecule has 0 bridgehead atoms. The minimum atomic E-state index is 0.0576. The third-order valence-corrected chi connectivity index (χ3v) is 5.70. The summed E-state index contributed by atoms with van der Waals surface area (Å²) in [6, 6.07) is 10.5. The maximum atomic E-state index is 13.0. The summed E-state index contributed by atoms with van der Waals surface area (Å²) in [4.78, 5) is 21.5. The van der Waals surface area contributed by atoms with E-state index >= 15 is 0 Å². The molecule has 0 atom stereocenters. The summed E-state index contributed by atoms with van der Waals surface area (Å²) in [6.45, 7) is 2.97. The van der Waals surface area contributed by atoms with Crippen LogP contribution in [0.3, 0.4) is 0 Å². The topological polar surface area (TPSA) is 57.7 Å². The van der Waals surface area contributed by atoms with Crippen LogP contribution in [0.5, 0.6) is 5.75 Å². The number of aromatic nitrogens is 1. The van der Waals surface area contributed by atoms with E-state index < -0.39 is 0 Å². The molecule has 0 radical (unpaired) electrons. The van der Waals surface area contributed by atoms with E-state index in [0.29, 0.717) is 24.7 Å². The third kappa shape index (κ3) is 4.06. The summed E-state index contributed by atoms with van der Waals surface area (Å²) in [5.41, 5.74) is 2.70. The van der Waals surface area contributed by atoms with Crippen molar-refractivity contribution in [1.82, 2.24) is 9.88 Å². The number of benzene rings is 1. The van der Waals surface area contributed by atoms with Gasteiger partial charge in [-0.1, -0.05) is 25.0 Å². The molecule has 2 aliphatic rings. The second-order valence-corrected chi connectivity index (χ2v) is 7.54. The van der Waals surface area contributed by atoms with Gasteiger partial charge in [0.05, 0.1) is 24.0 Å². The maximum Gasteiger partial charge on any atom is 0.255 e. The molecule has 148 valence electrons. The van der Waals surface area contributed by atoms with E-state index in [1.54, 1.807) is 13.3 Å². The first-order valence-electron chi connectivity index (χ1n) is 10.1. The first kappa shape index (κ1) is 18.6. The molecule has 1 N–H and O–H groups in total. The quantitative estimate of drug-likeness (QED) is 0.861. The maximum absolute atomic E-state index is 13.0. The molecule has 2 aromatic rings. The van der Waals surface area contributed by atoms with Crippen LogP contribution in [0.4, 0.5) is 11.4 Å². The zero-order valence-electron chi connectivity index (χ0n) is 16.4. The normalized spacial score (nSPS) is 17.6. The van der Waals surface area contributed by atoms with Crippen molar-refractivity contribution in [2.24, 2.45) is 0 Å². The molecule has 1 saturated heterocycles. The van der Waals surface area contributed by atoms with Crippen molar-refractivity contribution in [3.05, 3.63) is 48.3 Å². The predicted octanol–water partition coefficient (Wildman–Crippen LogP) is 3.41. The van der Waals surface area contributed by atoms with Gasteiger partial charge in [-0.25, -0.2) is 0 Å².